The first-order valence-corrected chi connectivity index (χ1v) is 9.31. The number of aryl methyl sites for hydroxylation is 1. The average molecular weight is 374 g/mol. The van der Waals surface area contributed by atoms with E-state index in [1.807, 2.05) is 49.5 Å². The fraction of sp³-hybridized carbons (Fsp3) is 0.273. The van der Waals surface area contributed by atoms with Gasteiger partial charge < -0.3 is 4.74 Å². The predicted molar refractivity (Wildman–Crippen MR) is 106 cm³/mol. The number of pyridine rings is 1. The molecule has 0 radical (unpaired) electrons. The molecule has 0 unspecified atom stereocenters. The van der Waals surface area contributed by atoms with Crippen molar-refractivity contribution in [1.82, 2.24) is 19.9 Å². The SMILES string of the molecule is COC(=O)c1cccc(-c2cccc(CN3CCc4nc(C)ncc4C3)n2)c1. The van der Waals surface area contributed by atoms with Gasteiger partial charge in [0, 0.05) is 49.1 Å². The van der Waals surface area contributed by atoms with Crippen LogP contribution in [0, 0.1) is 6.92 Å². The van der Waals surface area contributed by atoms with Crippen LogP contribution in [0.4, 0.5) is 0 Å². The summed E-state index contributed by atoms with van der Waals surface area (Å²) in [5, 5.41) is 0. The summed E-state index contributed by atoms with van der Waals surface area (Å²) in [6.45, 7) is 4.47. The number of aromatic nitrogens is 3. The third-order valence-corrected chi connectivity index (χ3v) is 4.91. The van der Waals surface area contributed by atoms with Gasteiger partial charge >= 0.3 is 5.97 Å². The van der Waals surface area contributed by atoms with E-state index in [-0.39, 0.29) is 5.97 Å². The van der Waals surface area contributed by atoms with E-state index in [1.54, 1.807) is 6.07 Å². The monoisotopic (exact) mass is 374 g/mol. The summed E-state index contributed by atoms with van der Waals surface area (Å²) in [6, 6.07) is 13.4. The molecule has 4 rings (SSSR count). The maximum atomic E-state index is 11.8. The second kappa shape index (κ2) is 7.86. The normalized spacial score (nSPS) is 13.8. The highest BCUT2D eigenvalue weighted by atomic mass is 16.5. The summed E-state index contributed by atoms with van der Waals surface area (Å²) in [6.07, 6.45) is 2.87. The van der Waals surface area contributed by atoms with Crippen LogP contribution in [-0.2, 0) is 24.2 Å². The van der Waals surface area contributed by atoms with Crippen molar-refractivity contribution in [3.63, 3.8) is 0 Å². The van der Waals surface area contributed by atoms with Crippen molar-refractivity contribution in [1.29, 1.82) is 0 Å². The lowest BCUT2D eigenvalue weighted by atomic mass is 10.1. The summed E-state index contributed by atoms with van der Waals surface area (Å²) >= 11 is 0. The van der Waals surface area contributed by atoms with Crippen molar-refractivity contribution in [3.05, 3.63) is 77.0 Å². The number of rotatable bonds is 4. The molecule has 0 saturated heterocycles. The molecule has 142 valence electrons. The first-order chi connectivity index (χ1) is 13.6. The molecule has 1 aromatic carbocycles. The number of esters is 1. The minimum absolute atomic E-state index is 0.345. The second-order valence-corrected chi connectivity index (χ2v) is 6.94. The lowest BCUT2D eigenvalue weighted by Gasteiger charge is -2.27. The van der Waals surface area contributed by atoms with Gasteiger partial charge in [0.2, 0.25) is 0 Å². The molecule has 2 aromatic heterocycles. The van der Waals surface area contributed by atoms with E-state index in [0.29, 0.717) is 5.56 Å². The van der Waals surface area contributed by atoms with E-state index in [2.05, 4.69) is 14.9 Å². The Balaban J connectivity index is 1.52. The van der Waals surface area contributed by atoms with Crippen molar-refractivity contribution in [2.24, 2.45) is 0 Å². The Bertz CT molecular complexity index is 1020. The maximum Gasteiger partial charge on any atom is 0.337 e. The summed E-state index contributed by atoms with van der Waals surface area (Å²) in [7, 11) is 1.39. The number of methoxy groups -OCH3 is 1. The van der Waals surface area contributed by atoms with E-state index in [4.69, 9.17) is 9.72 Å². The zero-order valence-corrected chi connectivity index (χ0v) is 16.1. The average Bonchev–Trinajstić information content (AvgIpc) is 2.73. The van der Waals surface area contributed by atoms with Crippen LogP contribution in [0.5, 0.6) is 0 Å². The summed E-state index contributed by atoms with van der Waals surface area (Å²) in [5.41, 5.74) is 5.62. The van der Waals surface area contributed by atoms with E-state index < -0.39 is 0 Å². The molecule has 0 N–H and O–H groups in total. The molecule has 0 atom stereocenters. The maximum absolute atomic E-state index is 11.8. The number of benzene rings is 1. The van der Waals surface area contributed by atoms with Crippen LogP contribution in [0.25, 0.3) is 11.3 Å². The molecular weight excluding hydrogens is 352 g/mol. The highest BCUT2D eigenvalue weighted by Crippen LogP contribution is 2.21. The van der Waals surface area contributed by atoms with Crippen LogP contribution < -0.4 is 0 Å². The van der Waals surface area contributed by atoms with Gasteiger partial charge in [0.15, 0.2) is 0 Å². The fourth-order valence-electron chi connectivity index (χ4n) is 3.49. The molecule has 1 aliphatic rings. The number of hydrogen-bond acceptors (Lipinski definition) is 6. The van der Waals surface area contributed by atoms with Crippen molar-refractivity contribution in [2.75, 3.05) is 13.7 Å². The van der Waals surface area contributed by atoms with Gasteiger partial charge in [-0.25, -0.2) is 14.8 Å². The van der Waals surface area contributed by atoms with Crippen LogP contribution in [-0.4, -0.2) is 39.5 Å². The van der Waals surface area contributed by atoms with E-state index in [9.17, 15) is 4.79 Å². The standard InChI is InChI=1S/C22H22N4O2/c1-15-23-12-18-13-26(10-9-21(18)24-15)14-19-7-4-8-20(25-19)16-5-3-6-17(11-16)22(27)28-2/h3-8,11-12H,9-10,13-14H2,1-2H3. The van der Waals surface area contributed by atoms with Gasteiger partial charge in [-0.05, 0) is 31.2 Å². The Labute approximate surface area is 164 Å². The van der Waals surface area contributed by atoms with Crippen LogP contribution in [0.2, 0.25) is 0 Å². The largest absolute Gasteiger partial charge is 0.465 e. The topological polar surface area (TPSA) is 68.2 Å². The van der Waals surface area contributed by atoms with E-state index >= 15 is 0 Å². The van der Waals surface area contributed by atoms with Crippen molar-refractivity contribution < 1.29 is 9.53 Å². The second-order valence-electron chi connectivity index (χ2n) is 6.94. The highest BCUT2D eigenvalue weighted by Gasteiger charge is 2.18. The number of fused-ring (bicyclic) bond motifs is 1. The Morgan fingerprint density at radius 1 is 1.18 bits per heavy atom. The highest BCUT2D eigenvalue weighted by molar-refractivity contribution is 5.90. The third kappa shape index (κ3) is 3.92. The van der Waals surface area contributed by atoms with Crippen molar-refractivity contribution in [3.8, 4) is 11.3 Å². The Morgan fingerprint density at radius 2 is 2.04 bits per heavy atom. The van der Waals surface area contributed by atoms with Crippen LogP contribution in [0.15, 0.2) is 48.7 Å². The van der Waals surface area contributed by atoms with Gasteiger partial charge in [-0.2, -0.15) is 0 Å². The van der Waals surface area contributed by atoms with Crippen LogP contribution in [0.3, 0.4) is 0 Å². The Hall–Kier alpha value is -3.12. The van der Waals surface area contributed by atoms with Crippen LogP contribution in [0.1, 0.15) is 33.1 Å². The van der Waals surface area contributed by atoms with Gasteiger partial charge in [-0.15, -0.1) is 0 Å². The number of ether oxygens (including phenoxy) is 1. The Morgan fingerprint density at radius 3 is 2.89 bits per heavy atom. The van der Waals surface area contributed by atoms with Gasteiger partial charge in [-0.1, -0.05) is 18.2 Å². The number of carbonyl (C=O) groups excluding carboxylic acids is 1. The molecule has 0 amide bonds. The minimum Gasteiger partial charge on any atom is -0.465 e. The molecule has 3 aromatic rings. The quantitative estimate of drug-likeness (QED) is 0.654. The summed E-state index contributed by atoms with van der Waals surface area (Å²) < 4.78 is 4.81. The van der Waals surface area contributed by atoms with Crippen molar-refractivity contribution >= 4 is 5.97 Å². The molecule has 0 spiro atoms. The Kier molecular flexibility index (Phi) is 5.12. The van der Waals surface area contributed by atoms with Gasteiger partial charge in [0.05, 0.1) is 24.1 Å². The third-order valence-electron chi connectivity index (χ3n) is 4.91. The first kappa shape index (κ1) is 18.3. The molecule has 0 saturated carbocycles. The van der Waals surface area contributed by atoms with Crippen molar-refractivity contribution in [2.45, 2.75) is 26.4 Å². The molecular formula is C22H22N4O2. The zero-order valence-electron chi connectivity index (χ0n) is 16.1. The number of hydrogen-bond donors (Lipinski definition) is 0. The lowest BCUT2D eigenvalue weighted by molar-refractivity contribution is 0.0601. The molecule has 6 nitrogen and oxygen atoms in total. The minimum atomic E-state index is -0.345. The van der Waals surface area contributed by atoms with Gasteiger partial charge in [0.25, 0.3) is 0 Å². The molecule has 28 heavy (non-hydrogen) atoms. The molecule has 1 aliphatic heterocycles. The lowest BCUT2D eigenvalue weighted by Crippen LogP contribution is -2.31. The summed E-state index contributed by atoms with van der Waals surface area (Å²) in [5.74, 6) is 0.484. The van der Waals surface area contributed by atoms with Gasteiger partial charge in [0.1, 0.15) is 5.82 Å². The zero-order chi connectivity index (χ0) is 19.5. The van der Waals surface area contributed by atoms with Gasteiger partial charge in [-0.3, -0.25) is 9.88 Å². The predicted octanol–water partition coefficient (Wildman–Crippen LogP) is 3.19. The number of nitrogens with zero attached hydrogens (tertiary/aromatic N) is 4. The first-order valence-electron chi connectivity index (χ1n) is 9.31. The number of carbonyl (C=O) groups is 1. The van der Waals surface area contributed by atoms with E-state index in [1.165, 1.54) is 12.7 Å². The van der Waals surface area contributed by atoms with E-state index in [0.717, 1.165) is 54.5 Å². The molecule has 0 aliphatic carbocycles. The molecule has 0 bridgehead atoms. The van der Waals surface area contributed by atoms with Crippen LogP contribution >= 0.6 is 0 Å². The molecule has 6 heteroatoms. The molecule has 0 fully saturated rings. The summed E-state index contributed by atoms with van der Waals surface area (Å²) in [4.78, 5) is 27.8. The molecule has 3 heterocycles. The smallest absolute Gasteiger partial charge is 0.337 e. The fourth-order valence-corrected chi connectivity index (χ4v) is 3.49.